The van der Waals surface area contributed by atoms with Gasteiger partial charge in [0.05, 0.1) is 12.7 Å². The predicted molar refractivity (Wildman–Crippen MR) is 85.7 cm³/mol. The minimum Gasteiger partial charge on any atom is -0.494 e. The van der Waals surface area contributed by atoms with E-state index in [0.717, 1.165) is 24.4 Å². The van der Waals surface area contributed by atoms with Crippen LogP contribution in [0.15, 0.2) is 24.3 Å². The third-order valence-electron chi connectivity index (χ3n) is 4.06. The Kier molecular flexibility index (Phi) is 6.03. The van der Waals surface area contributed by atoms with Crippen molar-refractivity contribution in [3.63, 3.8) is 0 Å². The highest BCUT2D eigenvalue weighted by atomic mass is 16.5. The van der Waals surface area contributed by atoms with E-state index in [1.165, 1.54) is 12.8 Å². The molecule has 0 aromatic heterocycles. The molecule has 1 aliphatic heterocycles. The minimum atomic E-state index is -0.427. The van der Waals surface area contributed by atoms with Crippen molar-refractivity contribution in [1.82, 2.24) is 9.80 Å². The lowest BCUT2D eigenvalue weighted by atomic mass is 10.1. The van der Waals surface area contributed by atoms with E-state index < -0.39 is 6.10 Å². The van der Waals surface area contributed by atoms with Crippen LogP contribution in [0.25, 0.3) is 0 Å². The van der Waals surface area contributed by atoms with Crippen LogP contribution in [0.1, 0.15) is 31.4 Å². The fourth-order valence-electron chi connectivity index (χ4n) is 3.04. The zero-order valence-corrected chi connectivity index (χ0v) is 13.5. The summed E-state index contributed by atoms with van der Waals surface area (Å²) in [5, 5.41) is 10.5. The number of ether oxygens (including phenoxy) is 1. The van der Waals surface area contributed by atoms with E-state index in [9.17, 15) is 5.11 Å². The molecule has 4 nitrogen and oxygen atoms in total. The van der Waals surface area contributed by atoms with Gasteiger partial charge in [0.1, 0.15) is 5.75 Å². The maximum Gasteiger partial charge on any atom is 0.119 e. The Morgan fingerprint density at radius 3 is 2.67 bits per heavy atom. The molecule has 1 heterocycles. The average molecular weight is 292 g/mol. The molecule has 0 saturated carbocycles. The van der Waals surface area contributed by atoms with E-state index in [1.54, 1.807) is 0 Å². The Morgan fingerprint density at radius 2 is 2.05 bits per heavy atom. The van der Waals surface area contributed by atoms with Crippen LogP contribution >= 0.6 is 0 Å². The van der Waals surface area contributed by atoms with Gasteiger partial charge in [-0.1, -0.05) is 12.1 Å². The van der Waals surface area contributed by atoms with Gasteiger partial charge in [0.15, 0.2) is 0 Å². The summed E-state index contributed by atoms with van der Waals surface area (Å²) in [5.41, 5.74) is 0.967. The largest absolute Gasteiger partial charge is 0.494 e. The third-order valence-corrected chi connectivity index (χ3v) is 4.06. The van der Waals surface area contributed by atoms with Crippen molar-refractivity contribution in [2.24, 2.45) is 0 Å². The number of aliphatic hydroxyl groups excluding tert-OH is 1. The maximum atomic E-state index is 10.5. The van der Waals surface area contributed by atoms with Crippen molar-refractivity contribution < 1.29 is 9.84 Å². The van der Waals surface area contributed by atoms with Crippen LogP contribution in [-0.4, -0.2) is 61.3 Å². The standard InChI is InChI=1S/C17H28N2O2/c1-4-21-16-9-7-14(8-10-16)17(20)13-19-11-5-6-15(19)12-18(2)3/h7-10,15,17,20H,4-6,11-13H2,1-3H3. The summed E-state index contributed by atoms with van der Waals surface area (Å²) in [5.74, 6) is 0.861. The molecule has 1 aromatic rings. The summed E-state index contributed by atoms with van der Waals surface area (Å²) in [4.78, 5) is 4.65. The van der Waals surface area contributed by atoms with E-state index >= 15 is 0 Å². The fourth-order valence-corrected chi connectivity index (χ4v) is 3.04. The Hall–Kier alpha value is -1.10. The number of likely N-dealkylation sites (N-methyl/N-ethyl adjacent to an activating group) is 1. The van der Waals surface area contributed by atoms with Gasteiger partial charge in [-0.2, -0.15) is 0 Å². The second-order valence-electron chi connectivity index (χ2n) is 6.07. The molecule has 118 valence electrons. The summed E-state index contributed by atoms with van der Waals surface area (Å²) in [6, 6.07) is 8.36. The summed E-state index contributed by atoms with van der Waals surface area (Å²) < 4.78 is 5.44. The van der Waals surface area contributed by atoms with Gasteiger partial charge >= 0.3 is 0 Å². The fraction of sp³-hybridized carbons (Fsp3) is 0.647. The number of hydrogen-bond acceptors (Lipinski definition) is 4. The summed E-state index contributed by atoms with van der Waals surface area (Å²) in [6.07, 6.45) is 2.03. The van der Waals surface area contributed by atoms with Crippen molar-refractivity contribution in [3.05, 3.63) is 29.8 Å². The van der Waals surface area contributed by atoms with Crippen molar-refractivity contribution in [3.8, 4) is 5.75 Å². The lowest BCUT2D eigenvalue weighted by Gasteiger charge is -2.29. The topological polar surface area (TPSA) is 35.9 Å². The highest BCUT2D eigenvalue weighted by Crippen LogP contribution is 2.23. The smallest absolute Gasteiger partial charge is 0.119 e. The molecular formula is C17H28N2O2. The Balaban J connectivity index is 1.92. The monoisotopic (exact) mass is 292 g/mol. The first-order valence-corrected chi connectivity index (χ1v) is 7.89. The van der Waals surface area contributed by atoms with Crippen LogP contribution in [0.3, 0.4) is 0 Å². The lowest BCUT2D eigenvalue weighted by molar-refractivity contribution is 0.0980. The first kappa shape index (κ1) is 16.3. The predicted octanol–water partition coefficient (Wildman–Crippen LogP) is 2.14. The molecule has 2 atom stereocenters. The molecular weight excluding hydrogens is 264 g/mol. The van der Waals surface area contributed by atoms with E-state index in [-0.39, 0.29) is 0 Å². The minimum absolute atomic E-state index is 0.427. The van der Waals surface area contributed by atoms with Crippen LogP contribution < -0.4 is 4.74 Å². The van der Waals surface area contributed by atoms with Crippen LogP contribution in [-0.2, 0) is 0 Å². The Morgan fingerprint density at radius 1 is 1.33 bits per heavy atom. The van der Waals surface area contributed by atoms with Crippen LogP contribution in [0.2, 0.25) is 0 Å². The zero-order chi connectivity index (χ0) is 15.2. The van der Waals surface area contributed by atoms with E-state index in [1.807, 2.05) is 31.2 Å². The Labute approximate surface area is 128 Å². The first-order valence-electron chi connectivity index (χ1n) is 7.89. The quantitative estimate of drug-likeness (QED) is 0.835. The van der Waals surface area contributed by atoms with Gasteiger partial charge in [-0.25, -0.2) is 0 Å². The molecule has 4 heteroatoms. The van der Waals surface area contributed by atoms with Gasteiger partial charge in [-0.3, -0.25) is 4.90 Å². The first-order chi connectivity index (χ1) is 10.1. The number of nitrogens with zero attached hydrogens (tertiary/aromatic N) is 2. The van der Waals surface area contributed by atoms with Crippen LogP contribution in [0, 0.1) is 0 Å². The van der Waals surface area contributed by atoms with Crippen molar-refractivity contribution in [2.75, 3.05) is 40.3 Å². The number of aliphatic hydroxyl groups is 1. The second-order valence-corrected chi connectivity index (χ2v) is 6.07. The highest BCUT2D eigenvalue weighted by Gasteiger charge is 2.26. The van der Waals surface area contributed by atoms with Gasteiger partial charge in [0.25, 0.3) is 0 Å². The lowest BCUT2D eigenvalue weighted by Crippen LogP contribution is -2.39. The molecule has 1 fully saturated rings. The SMILES string of the molecule is CCOc1ccc(C(O)CN2CCCC2CN(C)C)cc1. The third kappa shape index (κ3) is 4.70. The number of likely N-dealkylation sites (tertiary alicyclic amines) is 1. The van der Waals surface area contributed by atoms with Crippen molar-refractivity contribution in [2.45, 2.75) is 31.9 Å². The van der Waals surface area contributed by atoms with Gasteiger partial charge in [-0.15, -0.1) is 0 Å². The molecule has 2 rings (SSSR count). The van der Waals surface area contributed by atoms with Crippen molar-refractivity contribution in [1.29, 1.82) is 0 Å². The molecule has 1 N–H and O–H groups in total. The average Bonchev–Trinajstić information content (AvgIpc) is 2.86. The van der Waals surface area contributed by atoms with Gasteiger partial charge < -0.3 is 14.7 Å². The summed E-state index contributed by atoms with van der Waals surface area (Å²) in [7, 11) is 4.22. The van der Waals surface area contributed by atoms with E-state index in [0.29, 0.717) is 19.2 Å². The molecule has 2 unspecified atom stereocenters. The molecule has 0 aliphatic carbocycles. The van der Waals surface area contributed by atoms with Crippen LogP contribution in [0.4, 0.5) is 0 Å². The summed E-state index contributed by atoms with van der Waals surface area (Å²) >= 11 is 0. The highest BCUT2D eigenvalue weighted by molar-refractivity contribution is 5.28. The number of rotatable bonds is 7. The molecule has 0 radical (unpaired) electrons. The second kappa shape index (κ2) is 7.78. The zero-order valence-electron chi connectivity index (χ0n) is 13.5. The Bertz CT molecular complexity index is 419. The molecule has 0 spiro atoms. The van der Waals surface area contributed by atoms with E-state index in [4.69, 9.17) is 4.74 Å². The molecule has 1 saturated heterocycles. The number of benzene rings is 1. The van der Waals surface area contributed by atoms with Gasteiger partial charge in [0, 0.05) is 19.1 Å². The van der Waals surface area contributed by atoms with Gasteiger partial charge in [0.2, 0.25) is 0 Å². The molecule has 0 amide bonds. The van der Waals surface area contributed by atoms with Crippen LogP contribution in [0.5, 0.6) is 5.75 Å². The molecule has 21 heavy (non-hydrogen) atoms. The molecule has 0 bridgehead atoms. The number of β-amino-alcohol motifs (C(OH)–C–C–N with tert-alkyl or cyclic N) is 1. The molecule has 1 aliphatic rings. The maximum absolute atomic E-state index is 10.5. The number of hydrogen-bond donors (Lipinski definition) is 1. The van der Waals surface area contributed by atoms with Crippen molar-refractivity contribution >= 4 is 0 Å². The molecule has 1 aromatic carbocycles. The van der Waals surface area contributed by atoms with E-state index in [2.05, 4.69) is 23.9 Å². The normalized spacial score (nSPS) is 20.9. The summed E-state index contributed by atoms with van der Waals surface area (Å²) in [6.45, 7) is 5.51. The van der Waals surface area contributed by atoms with Gasteiger partial charge in [-0.05, 0) is 58.1 Å².